The van der Waals surface area contributed by atoms with Gasteiger partial charge in [0.05, 0.1) is 11.6 Å². The molecule has 1 aliphatic heterocycles. The largest absolute Gasteiger partial charge is 0.474 e. The van der Waals surface area contributed by atoms with Crippen LogP contribution in [-0.4, -0.2) is 23.5 Å². The highest BCUT2D eigenvalue weighted by molar-refractivity contribution is 5.93. The third kappa shape index (κ3) is 3.27. The fourth-order valence-corrected chi connectivity index (χ4v) is 2.23. The highest BCUT2D eigenvalue weighted by Crippen LogP contribution is 2.28. The van der Waals surface area contributed by atoms with Crippen LogP contribution in [0.15, 0.2) is 53.7 Å². The summed E-state index contributed by atoms with van der Waals surface area (Å²) in [7, 11) is 0. The summed E-state index contributed by atoms with van der Waals surface area (Å²) < 4.78 is 43.0. The Labute approximate surface area is 125 Å². The molecule has 0 amide bonds. The molecule has 0 radical (unpaired) electrons. The van der Waals surface area contributed by atoms with Crippen molar-refractivity contribution < 1.29 is 17.9 Å². The Morgan fingerprint density at radius 1 is 1.09 bits per heavy atom. The second-order valence-corrected chi connectivity index (χ2v) is 5.02. The van der Waals surface area contributed by atoms with Gasteiger partial charge in [0.1, 0.15) is 12.3 Å². The van der Waals surface area contributed by atoms with Crippen molar-refractivity contribution in [3.63, 3.8) is 0 Å². The molecule has 0 fully saturated rings. The maximum absolute atomic E-state index is 12.5. The summed E-state index contributed by atoms with van der Waals surface area (Å²) in [5.41, 5.74) is 0.681. The highest BCUT2D eigenvalue weighted by Gasteiger charge is 2.31. The minimum atomic E-state index is -4.39. The number of aliphatic imine (C=N–C) groups is 1. The van der Waals surface area contributed by atoms with Gasteiger partial charge in [-0.1, -0.05) is 30.3 Å². The number of halogens is 3. The summed E-state index contributed by atoms with van der Waals surface area (Å²) in [6.07, 6.45) is -2.86. The van der Waals surface area contributed by atoms with E-state index < -0.39 is 11.7 Å². The Morgan fingerprint density at radius 2 is 1.86 bits per heavy atom. The van der Waals surface area contributed by atoms with Crippen LogP contribution >= 0.6 is 0 Å². The summed E-state index contributed by atoms with van der Waals surface area (Å²) >= 11 is 0. The van der Waals surface area contributed by atoms with Crippen molar-refractivity contribution in [3.8, 4) is 0 Å². The zero-order valence-corrected chi connectivity index (χ0v) is 11.5. The molecule has 2 aromatic rings. The van der Waals surface area contributed by atoms with E-state index >= 15 is 0 Å². The number of hydrogen-bond donors (Lipinski definition) is 0. The van der Waals surface area contributed by atoms with Gasteiger partial charge in [0, 0.05) is 6.20 Å². The molecule has 2 heterocycles. The van der Waals surface area contributed by atoms with Crippen molar-refractivity contribution in [2.75, 3.05) is 6.61 Å². The van der Waals surface area contributed by atoms with Crippen LogP contribution in [0.4, 0.5) is 13.2 Å². The molecule has 0 spiro atoms. The summed E-state index contributed by atoms with van der Waals surface area (Å²) in [5.74, 6) is 0.301. The molecule has 0 N–H and O–H groups in total. The monoisotopic (exact) mass is 306 g/mol. The Balaban J connectivity index is 1.72. The lowest BCUT2D eigenvalue weighted by molar-refractivity contribution is -0.137. The molecular formula is C16H13F3N2O. The molecule has 0 saturated carbocycles. The van der Waals surface area contributed by atoms with Crippen LogP contribution in [0.1, 0.15) is 16.8 Å². The molecule has 114 valence electrons. The Kier molecular flexibility index (Phi) is 3.83. The second kappa shape index (κ2) is 5.79. The lowest BCUT2D eigenvalue weighted by Crippen LogP contribution is -2.10. The molecule has 1 atom stereocenters. The van der Waals surface area contributed by atoms with Crippen LogP contribution in [0.5, 0.6) is 0 Å². The van der Waals surface area contributed by atoms with Crippen molar-refractivity contribution >= 4 is 5.90 Å². The lowest BCUT2D eigenvalue weighted by Gasteiger charge is -2.06. The molecule has 6 heteroatoms. The topological polar surface area (TPSA) is 34.5 Å². The van der Waals surface area contributed by atoms with Crippen molar-refractivity contribution in [1.29, 1.82) is 0 Å². The van der Waals surface area contributed by atoms with E-state index in [1.165, 1.54) is 6.07 Å². The smallest absolute Gasteiger partial charge is 0.417 e. The zero-order chi connectivity index (χ0) is 15.6. The number of aromatic nitrogens is 1. The number of hydrogen-bond acceptors (Lipinski definition) is 3. The van der Waals surface area contributed by atoms with Crippen molar-refractivity contribution in [1.82, 2.24) is 4.98 Å². The SMILES string of the molecule is FC(F)(F)c1ccc(C2=N[C@H](Cc3ccccc3)CO2)nc1. The van der Waals surface area contributed by atoms with Crippen molar-refractivity contribution in [2.45, 2.75) is 18.6 Å². The lowest BCUT2D eigenvalue weighted by atomic mass is 10.1. The molecule has 0 saturated heterocycles. The number of ether oxygens (including phenoxy) is 1. The Bertz CT molecular complexity index is 666. The van der Waals surface area contributed by atoms with Crippen LogP contribution in [0.2, 0.25) is 0 Å². The molecular weight excluding hydrogens is 293 g/mol. The number of benzene rings is 1. The van der Waals surface area contributed by atoms with Crippen LogP contribution in [0, 0.1) is 0 Å². The summed E-state index contributed by atoms with van der Waals surface area (Å²) in [5, 5.41) is 0. The Hall–Kier alpha value is -2.37. The van der Waals surface area contributed by atoms with E-state index in [0.29, 0.717) is 18.2 Å². The number of alkyl halides is 3. The average Bonchev–Trinajstić information content (AvgIpc) is 2.96. The van der Waals surface area contributed by atoms with Crippen LogP contribution < -0.4 is 0 Å². The summed E-state index contributed by atoms with van der Waals surface area (Å²) in [4.78, 5) is 8.19. The molecule has 3 rings (SSSR count). The van der Waals surface area contributed by atoms with Gasteiger partial charge in [-0.3, -0.25) is 4.98 Å². The minimum absolute atomic E-state index is 0.0403. The van der Waals surface area contributed by atoms with Crippen LogP contribution in [0.25, 0.3) is 0 Å². The number of rotatable bonds is 3. The van der Waals surface area contributed by atoms with Crippen LogP contribution in [-0.2, 0) is 17.3 Å². The number of nitrogens with zero attached hydrogens (tertiary/aromatic N) is 2. The molecule has 1 aromatic heterocycles. The van der Waals surface area contributed by atoms with E-state index in [-0.39, 0.29) is 6.04 Å². The first-order valence-corrected chi connectivity index (χ1v) is 6.80. The van der Waals surface area contributed by atoms with E-state index in [2.05, 4.69) is 9.98 Å². The fraction of sp³-hybridized carbons (Fsp3) is 0.250. The molecule has 0 unspecified atom stereocenters. The first kappa shape index (κ1) is 14.6. The fourth-order valence-electron chi connectivity index (χ4n) is 2.23. The van der Waals surface area contributed by atoms with E-state index in [9.17, 15) is 13.2 Å². The second-order valence-electron chi connectivity index (χ2n) is 5.02. The Morgan fingerprint density at radius 3 is 2.50 bits per heavy atom. The molecule has 1 aliphatic rings. The zero-order valence-electron chi connectivity index (χ0n) is 11.5. The maximum Gasteiger partial charge on any atom is 0.417 e. The molecule has 0 aliphatic carbocycles. The summed E-state index contributed by atoms with van der Waals surface area (Å²) in [6, 6.07) is 12.1. The van der Waals surface area contributed by atoms with Crippen LogP contribution in [0.3, 0.4) is 0 Å². The first-order valence-electron chi connectivity index (χ1n) is 6.80. The standard InChI is InChI=1S/C16H13F3N2O/c17-16(18,19)12-6-7-14(20-9-12)15-21-13(10-22-15)8-11-4-2-1-3-5-11/h1-7,9,13H,8,10H2/t13-/m1/s1. The maximum atomic E-state index is 12.5. The molecule has 3 nitrogen and oxygen atoms in total. The normalized spacial score (nSPS) is 18.0. The van der Waals surface area contributed by atoms with E-state index in [4.69, 9.17) is 4.74 Å². The average molecular weight is 306 g/mol. The van der Waals surface area contributed by atoms with Crippen molar-refractivity contribution in [3.05, 3.63) is 65.5 Å². The van der Waals surface area contributed by atoms with Gasteiger partial charge in [-0.05, 0) is 24.1 Å². The predicted molar refractivity (Wildman–Crippen MR) is 75.7 cm³/mol. The van der Waals surface area contributed by atoms with Gasteiger partial charge in [-0.15, -0.1) is 0 Å². The van der Waals surface area contributed by atoms with Gasteiger partial charge in [0.2, 0.25) is 5.90 Å². The van der Waals surface area contributed by atoms with E-state index in [1.807, 2.05) is 30.3 Å². The highest BCUT2D eigenvalue weighted by atomic mass is 19.4. The minimum Gasteiger partial charge on any atom is -0.474 e. The predicted octanol–water partition coefficient (Wildman–Crippen LogP) is 3.49. The molecule has 0 bridgehead atoms. The van der Waals surface area contributed by atoms with E-state index in [0.717, 1.165) is 24.2 Å². The van der Waals surface area contributed by atoms with E-state index in [1.54, 1.807) is 0 Å². The summed E-state index contributed by atoms with van der Waals surface area (Å²) in [6.45, 7) is 0.410. The van der Waals surface area contributed by atoms with Gasteiger partial charge in [-0.25, -0.2) is 4.99 Å². The number of pyridine rings is 1. The van der Waals surface area contributed by atoms with Gasteiger partial charge in [0.15, 0.2) is 0 Å². The third-order valence-corrected chi connectivity index (χ3v) is 3.34. The quantitative estimate of drug-likeness (QED) is 0.870. The molecule has 1 aromatic carbocycles. The van der Waals surface area contributed by atoms with Gasteiger partial charge < -0.3 is 4.74 Å². The van der Waals surface area contributed by atoms with Gasteiger partial charge >= 0.3 is 6.18 Å². The van der Waals surface area contributed by atoms with Gasteiger partial charge in [-0.2, -0.15) is 13.2 Å². The van der Waals surface area contributed by atoms with Gasteiger partial charge in [0.25, 0.3) is 0 Å². The molecule has 22 heavy (non-hydrogen) atoms. The third-order valence-electron chi connectivity index (χ3n) is 3.34. The van der Waals surface area contributed by atoms with Crippen molar-refractivity contribution in [2.24, 2.45) is 4.99 Å². The first-order chi connectivity index (χ1) is 10.5.